The largest absolute Gasteiger partial charge is 0.496 e. The lowest BCUT2D eigenvalue weighted by molar-refractivity contribution is 0.420. The van der Waals surface area contributed by atoms with Gasteiger partial charge in [-0.15, -0.1) is 0 Å². The number of hydrogen-bond donors (Lipinski definition) is 0. The van der Waals surface area contributed by atoms with Gasteiger partial charge in [0.2, 0.25) is 0 Å². The molecule has 0 radical (unpaired) electrons. The van der Waals surface area contributed by atoms with Crippen molar-refractivity contribution in [1.29, 1.82) is 5.26 Å². The van der Waals surface area contributed by atoms with Crippen molar-refractivity contribution in [2.45, 2.75) is 0 Å². The Bertz CT molecular complexity index is 484. The van der Waals surface area contributed by atoms with Gasteiger partial charge in [-0.05, 0) is 23.7 Å². The van der Waals surface area contributed by atoms with Crippen LogP contribution in [0.3, 0.4) is 0 Å². The van der Waals surface area contributed by atoms with E-state index in [1.54, 1.807) is 25.4 Å². The highest BCUT2D eigenvalue weighted by molar-refractivity contribution is 7.13. The van der Waals surface area contributed by atoms with E-state index in [4.69, 9.17) is 10.00 Å². The first-order valence-corrected chi connectivity index (χ1v) is 4.45. The van der Waals surface area contributed by atoms with Crippen LogP contribution in [0.1, 0.15) is 5.56 Å². The number of hydrogen-bond acceptors (Lipinski definition) is 4. The van der Waals surface area contributed by atoms with E-state index in [2.05, 4.69) is 10.4 Å². The van der Waals surface area contributed by atoms with Crippen LogP contribution in [-0.4, -0.2) is 11.5 Å². The smallest absolute Gasteiger partial charge is 0.129 e. The normalized spacial score (nSPS) is 9.85. The molecule has 0 aliphatic heterocycles. The van der Waals surface area contributed by atoms with E-state index in [1.807, 2.05) is 0 Å². The molecule has 4 heteroatoms. The van der Waals surface area contributed by atoms with Gasteiger partial charge in [-0.1, -0.05) is 0 Å². The molecule has 0 saturated carbocycles. The van der Waals surface area contributed by atoms with E-state index in [0.717, 1.165) is 15.8 Å². The van der Waals surface area contributed by atoms with E-state index in [-0.39, 0.29) is 0 Å². The van der Waals surface area contributed by atoms with Crippen LogP contribution in [0.5, 0.6) is 5.75 Å². The lowest BCUT2D eigenvalue weighted by Gasteiger charge is -2.00. The number of methoxy groups -OCH3 is 1. The van der Waals surface area contributed by atoms with Gasteiger partial charge in [-0.2, -0.15) is 9.64 Å². The van der Waals surface area contributed by atoms with Crippen molar-refractivity contribution < 1.29 is 4.74 Å². The van der Waals surface area contributed by atoms with Crippen LogP contribution < -0.4 is 4.74 Å². The average molecular weight is 190 g/mol. The fourth-order valence-electron chi connectivity index (χ4n) is 1.20. The summed E-state index contributed by atoms with van der Waals surface area (Å²) in [7, 11) is 1.61. The lowest BCUT2D eigenvalue weighted by Crippen LogP contribution is -1.83. The summed E-state index contributed by atoms with van der Waals surface area (Å²) >= 11 is 1.32. The standard InChI is InChI=1S/C9H6N2OS/c1-12-8-3-2-6(4-10)9-7(8)5-11-13-9/h2-3,5H,1H3. The van der Waals surface area contributed by atoms with Crippen LogP contribution in [0, 0.1) is 11.3 Å². The molecule has 13 heavy (non-hydrogen) atoms. The molecule has 1 aromatic carbocycles. The maximum atomic E-state index is 8.81. The molecule has 2 aromatic rings. The quantitative estimate of drug-likeness (QED) is 0.692. The predicted octanol–water partition coefficient (Wildman–Crippen LogP) is 2.18. The van der Waals surface area contributed by atoms with Crippen LogP contribution >= 0.6 is 11.5 Å². The molecule has 0 aliphatic rings. The van der Waals surface area contributed by atoms with E-state index in [9.17, 15) is 0 Å². The van der Waals surface area contributed by atoms with Gasteiger partial charge < -0.3 is 4.74 Å². The number of aromatic nitrogens is 1. The van der Waals surface area contributed by atoms with Gasteiger partial charge in [-0.25, -0.2) is 0 Å². The zero-order valence-corrected chi connectivity index (χ0v) is 7.76. The van der Waals surface area contributed by atoms with Crippen LogP contribution in [0.4, 0.5) is 0 Å². The molecule has 0 spiro atoms. The maximum absolute atomic E-state index is 8.81. The van der Waals surface area contributed by atoms with E-state index in [1.165, 1.54) is 11.5 Å². The SMILES string of the molecule is COc1ccc(C#N)c2sncc12. The Morgan fingerprint density at radius 1 is 1.54 bits per heavy atom. The summed E-state index contributed by atoms with van der Waals surface area (Å²) in [5.74, 6) is 0.766. The van der Waals surface area contributed by atoms with E-state index >= 15 is 0 Å². The monoisotopic (exact) mass is 190 g/mol. The maximum Gasteiger partial charge on any atom is 0.129 e. The van der Waals surface area contributed by atoms with Gasteiger partial charge in [0, 0.05) is 0 Å². The van der Waals surface area contributed by atoms with Crippen LogP contribution in [0.2, 0.25) is 0 Å². The van der Waals surface area contributed by atoms with Crippen LogP contribution in [0.15, 0.2) is 18.3 Å². The van der Waals surface area contributed by atoms with Crippen LogP contribution in [0.25, 0.3) is 10.1 Å². The molecule has 0 saturated heterocycles. The first kappa shape index (κ1) is 8.02. The Morgan fingerprint density at radius 3 is 3.08 bits per heavy atom. The molecule has 0 amide bonds. The molecule has 0 N–H and O–H groups in total. The zero-order valence-electron chi connectivity index (χ0n) is 6.94. The molecule has 0 bridgehead atoms. The van der Waals surface area contributed by atoms with Crippen molar-refractivity contribution >= 4 is 21.6 Å². The highest BCUT2D eigenvalue weighted by Crippen LogP contribution is 2.30. The number of ether oxygens (including phenoxy) is 1. The van der Waals surface area contributed by atoms with Gasteiger partial charge in [0.15, 0.2) is 0 Å². The van der Waals surface area contributed by atoms with Crippen molar-refractivity contribution in [1.82, 2.24) is 4.37 Å². The fraction of sp³-hybridized carbons (Fsp3) is 0.111. The molecule has 0 fully saturated rings. The summed E-state index contributed by atoms with van der Waals surface area (Å²) in [6, 6.07) is 5.66. The summed E-state index contributed by atoms with van der Waals surface area (Å²) in [4.78, 5) is 0. The van der Waals surface area contributed by atoms with Crippen molar-refractivity contribution in [3.05, 3.63) is 23.9 Å². The molecule has 64 valence electrons. The Morgan fingerprint density at radius 2 is 2.38 bits per heavy atom. The first-order valence-electron chi connectivity index (χ1n) is 3.68. The summed E-state index contributed by atoms with van der Waals surface area (Å²) in [5, 5.41) is 9.71. The van der Waals surface area contributed by atoms with Gasteiger partial charge in [0.05, 0.1) is 29.0 Å². The van der Waals surface area contributed by atoms with E-state index in [0.29, 0.717) is 5.56 Å². The second-order valence-corrected chi connectivity index (χ2v) is 3.30. The number of nitrogens with zero attached hydrogens (tertiary/aromatic N) is 2. The topological polar surface area (TPSA) is 45.9 Å². The molecule has 0 unspecified atom stereocenters. The second-order valence-electron chi connectivity index (χ2n) is 2.50. The van der Waals surface area contributed by atoms with Gasteiger partial charge >= 0.3 is 0 Å². The molecule has 3 nitrogen and oxygen atoms in total. The second kappa shape index (κ2) is 3.04. The Balaban J connectivity index is 2.83. The Hall–Kier alpha value is -1.60. The third kappa shape index (κ3) is 1.14. The van der Waals surface area contributed by atoms with Crippen molar-refractivity contribution in [3.63, 3.8) is 0 Å². The number of benzene rings is 1. The molecular weight excluding hydrogens is 184 g/mol. The number of rotatable bonds is 1. The fourth-order valence-corrected chi connectivity index (χ4v) is 1.93. The van der Waals surface area contributed by atoms with Crippen molar-refractivity contribution in [3.8, 4) is 11.8 Å². The van der Waals surface area contributed by atoms with Gasteiger partial charge in [-0.3, -0.25) is 0 Å². The summed E-state index contributed by atoms with van der Waals surface area (Å²) in [5.41, 5.74) is 0.651. The van der Waals surface area contributed by atoms with Crippen LogP contribution in [-0.2, 0) is 0 Å². The highest BCUT2D eigenvalue weighted by atomic mass is 32.1. The summed E-state index contributed by atoms with van der Waals surface area (Å²) < 4.78 is 10.1. The summed E-state index contributed by atoms with van der Waals surface area (Å²) in [6.45, 7) is 0. The highest BCUT2D eigenvalue weighted by Gasteiger charge is 2.07. The predicted molar refractivity (Wildman–Crippen MR) is 50.9 cm³/mol. The molecule has 1 heterocycles. The van der Waals surface area contributed by atoms with Crippen molar-refractivity contribution in [2.24, 2.45) is 0 Å². The Labute approximate surface area is 79.4 Å². The minimum Gasteiger partial charge on any atom is -0.496 e. The minimum atomic E-state index is 0.651. The van der Waals surface area contributed by atoms with Gasteiger partial charge in [0.25, 0.3) is 0 Å². The number of nitriles is 1. The molecule has 0 aliphatic carbocycles. The minimum absolute atomic E-state index is 0.651. The molecule has 2 rings (SSSR count). The van der Waals surface area contributed by atoms with Gasteiger partial charge in [0.1, 0.15) is 11.8 Å². The zero-order chi connectivity index (χ0) is 9.26. The molecule has 1 aromatic heterocycles. The summed E-state index contributed by atoms with van der Waals surface area (Å²) in [6.07, 6.45) is 1.72. The number of fused-ring (bicyclic) bond motifs is 1. The lowest BCUT2D eigenvalue weighted by atomic mass is 10.2. The third-order valence-electron chi connectivity index (χ3n) is 1.82. The third-order valence-corrected chi connectivity index (χ3v) is 2.66. The average Bonchev–Trinajstić information content (AvgIpc) is 2.64. The molecular formula is C9H6N2OS. The Kier molecular flexibility index (Phi) is 1.87. The van der Waals surface area contributed by atoms with Crippen molar-refractivity contribution in [2.75, 3.05) is 7.11 Å². The molecule has 0 atom stereocenters. The first-order chi connectivity index (χ1) is 6.36. The van der Waals surface area contributed by atoms with E-state index < -0.39 is 0 Å².